The number of rotatable bonds is 8. The number of phenols is 2. The van der Waals surface area contributed by atoms with E-state index in [9.17, 15) is 19.8 Å². The van der Waals surface area contributed by atoms with E-state index in [1.807, 2.05) is 26.0 Å². The topological polar surface area (TPSA) is 98.7 Å². The van der Waals surface area contributed by atoms with E-state index in [2.05, 4.69) is 10.9 Å². The predicted molar refractivity (Wildman–Crippen MR) is 108 cm³/mol. The van der Waals surface area contributed by atoms with E-state index < -0.39 is 0 Å². The number of aromatic hydroxyl groups is 2. The fourth-order valence-corrected chi connectivity index (χ4v) is 2.94. The van der Waals surface area contributed by atoms with Crippen molar-refractivity contribution in [2.45, 2.75) is 52.4 Å². The molecule has 0 aliphatic heterocycles. The summed E-state index contributed by atoms with van der Waals surface area (Å²) in [6, 6.07) is 10.7. The SMILES string of the molecule is CCc1cc(CCC(=O)NNC(=O)CCc2ccc(O)c(CC)c2)ccc1O. The molecular formula is C22H28N2O4. The van der Waals surface area contributed by atoms with Gasteiger partial charge >= 0.3 is 0 Å². The average molecular weight is 384 g/mol. The minimum absolute atomic E-state index is 0.242. The third kappa shape index (κ3) is 6.30. The summed E-state index contributed by atoms with van der Waals surface area (Å²) < 4.78 is 0. The molecule has 6 heteroatoms. The van der Waals surface area contributed by atoms with Gasteiger partial charge < -0.3 is 10.2 Å². The molecule has 0 aromatic heterocycles. The number of benzene rings is 2. The molecule has 6 nitrogen and oxygen atoms in total. The van der Waals surface area contributed by atoms with Crippen molar-refractivity contribution in [2.75, 3.05) is 0 Å². The number of hydrazine groups is 1. The summed E-state index contributed by atoms with van der Waals surface area (Å²) in [5.41, 5.74) is 8.51. The molecule has 0 spiro atoms. The maximum Gasteiger partial charge on any atom is 0.238 e. The van der Waals surface area contributed by atoms with Crippen molar-refractivity contribution in [1.82, 2.24) is 10.9 Å². The number of nitrogens with one attached hydrogen (secondary N) is 2. The number of hydrogen-bond donors (Lipinski definition) is 4. The number of carbonyl (C=O) groups is 2. The van der Waals surface area contributed by atoms with Gasteiger partial charge in [0.25, 0.3) is 0 Å². The van der Waals surface area contributed by atoms with Crippen LogP contribution in [0.1, 0.15) is 48.9 Å². The van der Waals surface area contributed by atoms with Gasteiger partial charge in [-0.1, -0.05) is 38.1 Å². The Balaban J connectivity index is 1.72. The summed E-state index contributed by atoms with van der Waals surface area (Å²) in [6.07, 6.45) is 2.99. The lowest BCUT2D eigenvalue weighted by molar-refractivity contribution is -0.128. The van der Waals surface area contributed by atoms with Gasteiger partial charge in [-0.15, -0.1) is 0 Å². The quantitative estimate of drug-likeness (QED) is 0.526. The summed E-state index contributed by atoms with van der Waals surface area (Å²) in [7, 11) is 0. The Hall–Kier alpha value is -3.02. The van der Waals surface area contributed by atoms with Crippen LogP contribution in [-0.2, 0) is 35.3 Å². The van der Waals surface area contributed by atoms with Crippen molar-refractivity contribution in [1.29, 1.82) is 0 Å². The highest BCUT2D eigenvalue weighted by molar-refractivity contribution is 5.82. The Bertz CT molecular complexity index is 764. The second kappa shape index (κ2) is 10.3. The molecular weight excluding hydrogens is 356 g/mol. The first-order valence-corrected chi connectivity index (χ1v) is 9.62. The molecule has 2 aromatic rings. The van der Waals surface area contributed by atoms with Crippen molar-refractivity contribution >= 4 is 11.8 Å². The highest BCUT2D eigenvalue weighted by Crippen LogP contribution is 2.20. The second-order valence-electron chi connectivity index (χ2n) is 6.73. The van der Waals surface area contributed by atoms with Gasteiger partial charge in [-0.3, -0.25) is 20.4 Å². The Morgan fingerprint density at radius 2 is 1.14 bits per heavy atom. The number of aryl methyl sites for hydroxylation is 4. The van der Waals surface area contributed by atoms with Crippen molar-refractivity contribution < 1.29 is 19.8 Å². The van der Waals surface area contributed by atoms with Gasteiger partial charge in [0.2, 0.25) is 11.8 Å². The third-order valence-electron chi connectivity index (χ3n) is 4.67. The lowest BCUT2D eigenvalue weighted by atomic mass is 10.0. The minimum atomic E-state index is -0.266. The van der Waals surface area contributed by atoms with Crippen LogP contribution in [0.2, 0.25) is 0 Å². The molecule has 0 unspecified atom stereocenters. The van der Waals surface area contributed by atoms with Crippen LogP contribution < -0.4 is 10.9 Å². The van der Waals surface area contributed by atoms with Gasteiger partial charge in [-0.05, 0) is 60.1 Å². The van der Waals surface area contributed by atoms with Gasteiger partial charge in [0.15, 0.2) is 0 Å². The summed E-state index contributed by atoms with van der Waals surface area (Å²) in [5, 5.41) is 19.4. The van der Waals surface area contributed by atoms with E-state index >= 15 is 0 Å². The molecule has 0 fully saturated rings. The predicted octanol–water partition coefficient (Wildman–Crippen LogP) is 2.94. The first-order chi connectivity index (χ1) is 13.4. The van der Waals surface area contributed by atoms with E-state index in [0.717, 1.165) is 35.1 Å². The number of amides is 2. The Morgan fingerprint density at radius 3 is 1.50 bits per heavy atom. The first kappa shape index (κ1) is 21.3. The smallest absolute Gasteiger partial charge is 0.238 e. The van der Waals surface area contributed by atoms with Gasteiger partial charge in [0, 0.05) is 12.8 Å². The van der Waals surface area contributed by atoms with Crippen molar-refractivity contribution in [3.05, 3.63) is 58.7 Å². The highest BCUT2D eigenvalue weighted by atomic mass is 16.3. The Labute approximate surface area is 165 Å². The lowest BCUT2D eigenvalue weighted by Gasteiger charge is -2.09. The molecule has 0 saturated carbocycles. The van der Waals surface area contributed by atoms with Crippen LogP contribution >= 0.6 is 0 Å². The molecule has 0 bridgehead atoms. The van der Waals surface area contributed by atoms with Crippen LogP contribution in [0.4, 0.5) is 0 Å². The zero-order chi connectivity index (χ0) is 20.5. The fourth-order valence-electron chi connectivity index (χ4n) is 2.94. The lowest BCUT2D eigenvalue weighted by Crippen LogP contribution is -2.41. The van der Waals surface area contributed by atoms with Crippen LogP contribution in [0.5, 0.6) is 11.5 Å². The van der Waals surface area contributed by atoms with E-state index in [1.54, 1.807) is 24.3 Å². The second-order valence-corrected chi connectivity index (χ2v) is 6.73. The van der Waals surface area contributed by atoms with Crippen LogP contribution in [0, 0.1) is 0 Å². The molecule has 0 radical (unpaired) electrons. The molecule has 28 heavy (non-hydrogen) atoms. The molecule has 0 saturated heterocycles. The third-order valence-corrected chi connectivity index (χ3v) is 4.67. The summed E-state index contributed by atoms with van der Waals surface area (Å²) in [6.45, 7) is 3.92. The Kier molecular flexibility index (Phi) is 7.87. The zero-order valence-corrected chi connectivity index (χ0v) is 16.4. The average Bonchev–Trinajstić information content (AvgIpc) is 2.70. The molecule has 2 amide bonds. The van der Waals surface area contributed by atoms with Gasteiger partial charge in [-0.2, -0.15) is 0 Å². The van der Waals surface area contributed by atoms with Crippen molar-refractivity contribution in [3.8, 4) is 11.5 Å². The molecule has 0 heterocycles. The molecule has 150 valence electrons. The van der Waals surface area contributed by atoms with Gasteiger partial charge in [-0.25, -0.2) is 0 Å². The van der Waals surface area contributed by atoms with E-state index in [-0.39, 0.29) is 36.2 Å². The molecule has 0 aliphatic carbocycles. The zero-order valence-electron chi connectivity index (χ0n) is 16.4. The van der Waals surface area contributed by atoms with E-state index in [1.165, 1.54) is 0 Å². The van der Waals surface area contributed by atoms with Crippen LogP contribution in [0.15, 0.2) is 36.4 Å². The molecule has 2 rings (SSSR count). The summed E-state index contributed by atoms with van der Waals surface area (Å²) in [4.78, 5) is 23.9. The molecule has 4 N–H and O–H groups in total. The van der Waals surface area contributed by atoms with Gasteiger partial charge in [0.05, 0.1) is 0 Å². The first-order valence-electron chi connectivity index (χ1n) is 9.62. The monoisotopic (exact) mass is 384 g/mol. The van der Waals surface area contributed by atoms with Crippen molar-refractivity contribution in [2.24, 2.45) is 0 Å². The van der Waals surface area contributed by atoms with Crippen LogP contribution in [-0.4, -0.2) is 22.0 Å². The van der Waals surface area contributed by atoms with Gasteiger partial charge in [0.1, 0.15) is 11.5 Å². The molecule has 0 atom stereocenters. The Morgan fingerprint density at radius 1 is 0.750 bits per heavy atom. The maximum absolute atomic E-state index is 11.9. The fraction of sp³-hybridized carbons (Fsp3) is 0.364. The summed E-state index contributed by atoms with van der Waals surface area (Å²) >= 11 is 0. The molecule has 2 aromatic carbocycles. The normalized spacial score (nSPS) is 10.5. The molecule has 0 aliphatic rings. The number of carbonyl (C=O) groups excluding carboxylic acids is 2. The van der Waals surface area contributed by atoms with Crippen molar-refractivity contribution in [3.63, 3.8) is 0 Å². The number of hydrogen-bond acceptors (Lipinski definition) is 4. The standard InChI is InChI=1S/C22H28N2O4/c1-3-17-13-15(5-9-19(17)25)7-11-21(27)23-24-22(28)12-8-16-6-10-20(26)18(4-2)14-16/h5-6,9-10,13-14,25-26H,3-4,7-8,11-12H2,1-2H3,(H,23,27)(H,24,28). The van der Waals surface area contributed by atoms with Crippen LogP contribution in [0.3, 0.4) is 0 Å². The van der Waals surface area contributed by atoms with Crippen LogP contribution in [0.25, 0.3) is 0 Å². The van der Waals surface area contributed by atoms with E-state index in [4.69, 9.17) is 0 Å². The maximum atomic E-state index is 11.9. The minimum Gasteiger partial charge on any atom is -0.508 e. The number of phenolic OH excluding ortho intramolecular Hbond substituents is 2. The highest BCUT2D eigenvalue weighted by Gasteiger charge is 2.08. The largest absolute Gasteiger partial charge is 0.508 e. The summed E-state index contributed by atoms with van der Waals surface area (Å²) in [5.74, 6) is 0.0000501. The van der Waals surface area contributed by atoms with E-state index in [0.29, 0.717) is 12.8 Å².